The number of carboxylic acid groups (broad SMARTS) is 1. The molecule has 1 rings (SSSR count). The molecule has 1 saturated heterocycles. The van der Waals surface area contributed by atoms with Gasteiger partial charge in [-0.25, -0.2) is 8.42 Å². The van der Waals surface area contributed by atoms with Crippen molar-refractivity contribution in [2.45, 2.75) is 32.2 Å². The highest BCUT2D eigenvalue weighted by Crippen LogP contribution is 2.17. The Labute approximate surface area is 119 Å². The van der Waals surface area contributed by atoms with Gasteiger partial charge in [-0.05, 0) is 12.8 Å². The maximum atomic E-state index is 11.7. The predicted molar refractivity (Wildman–Crippen MR) is 74.2 cm³/mol. The third-order valence-electron chi connectivity index (χ3n) is 3.26. The van der Waals surface area contributed by atoms with Crippen molar-refractivity contribution >= 4 is 21.7 Å². The maximum absolute atomic E-state index is 11.7. The molecular weight excluding hydrogens is 284 g/mol. The van der Waals surface area contributed by atoms with Crippen LogP contribution in [0.2, 0.25) is 0 Å². The molecule has 1 aliphatic rings. The van der Waals surface area contributed by atoms with Crippen LogP contribution in [0.15, 0.2) is 0 Å². The lowest BCUT2D eigenvalue weighted by Gasteiger charge is -2.25. The van der Waals surface area contributed by atoms with Crippen LogP contribution >= 0.6 is 0 Å². The van der Waals surface area contributed by atoms with E-state index >= 15 is 0 Å². The summed E-state index contributed by atoms with van der Waals surface area (Å²) in [4.78, 5) is 24.0. The molecule has 0 spiro atoms. The molecule has 116 valence electrons. The number of hydrogen-bond donors (Lipinski definition) is 2. The molecule has 8 heteroatoms. The molecular formula is C12H22N2O5S. The fourth-order valence-electron chi connectivity index (χ4n) is 2.20. The minimum atomic E-state index is -3.10. The number of sulfone groups is 1. The summed E-state index contributed by atoms with van der Waals surface area (Å²) < 4.78 is 22.9. The Morgan fingerprint density at radius 3 is 2.55 bits per heavy atom. The van der Waals surface area contributed by atoms with Gasteiger partial charge < -0.3 is 10.4 Å². The number of nitrogens with zero attached hydrogens (tertiary/aromatic N) is 1. The number of aliphatic carboxylic acids is 1. The molecule has 0 aromatic rings. The largest absolute Gasteiger partial charge is 0.480 e. The van der Waals surface area contributed by atoms with Crippen molar-refractivity contribution in [3.63, 3.8) is 0 Å². The van der Waals surface area contributed by atoms with Gasteiger partial charge in [0.05, 0.1) is 24.6 Å². The average Bonchev–Trinajstić information content (AvgIpc) is 2.68. The molecule has 1 fully saturated rings. The van der Waals surface area contributed by atoms with Crippen LogP contribution in [0.1, 0.15) is 26.2 Å². The SMILES string of the molecule is CCCCNC(=O)CN(CC(=O)O)C1CCS(=O)(=O)C1. The molecule has 0 saturated carbocycles. The smallest absolute Gasteiger partial charge is 0.317 e. The molecule has 0 aromatic heterocycles. The first-order valence-corrected chi connectivity index (χ1v) is 8.59. The number of amides is 1. The quantitative estimate of drug-likeness (QED) is 0.585. The van der Waals surface area contributed by atoms with E-state index in [1.807, 2.05) is 6.92 Å². The van der Waals surface area contributed by atoms with E-state index in [4.69, 9.17) is 5.11 Å². The molecule has 0 bridgehead atoms. The summed E-state index contributed by atoms with van der Waals surface area (Å²) in [5.41, 5.74) is 0. The number of carboxylic acids is 1. The fraction of sp³-hybridized carbons (Fsp3) is 0.833. The maximum Gasteiger partial charge on any atom is 0.317 e. The zero-order valence-corrected chi connectivity index (χ0v) is 12.5. The summed E-state index contributed by atoms with van der Waals surface area (Å²) in [5.74, 6) is -1.33. The topological polar surface area (TPSA) is 104 Å². The van der Waals surface area contributed by atoms with E-state index in [-0.39, 0.29) is 36.5 Å². The van der Waals surface area contributed by atoms with Gasteiger partial charge in [0.25, 0.3) is 0 Å². The lowest BCUT2D eigenvalue weighted by molar-refractivity contribution is -0.139. The third kappa shape index (κ3) is 5.87. The number of hydrogen-bond acceptors (Lipinski definition) is 5. The van der Waals surface area contributed by atoms with Gasteiger partial charge in [-0.15, -0.1) is 0 Å². The van der Waals surface area contributed by atoms with Crippen molar-refractivity contribution in [2.75, 3.05) is 31.1 Å². The molecule has 2 N–H and O–H groups in total. The average molecular weight is 306 g/mol. The fourth-order valence-corrected chi connectivity index (χ4v) is 3.96. The second kappa shape index (κ2) is 7.58. The van der Waals surface area contributed by atoms with Crippen LogP contribution in [0, 0.1) is 0 Å². The lowest BCUT2D eigenvalue weighted by Crippen LogP contribution is -2.46. The molecule has 1 atom stereocenters. The third-order valence-corrected chi connectivity index (χ3v) is 5.01. The zero-order valence-electron chi connectivity index (χ0n) is 11.7. The van der Waals surface area contributed by atoms with Crippen LogP contribution in [0.4, 0.5) is 0 Å². The number of nitrogens with one attached hydrogen (secondary N) is 1. The van der Waals surface area contributed by atoms with Crippen LogP contribution in [-0.2, 0) is 19.4 Å². The van der Waals surface area contributed by atoms with Gasteiger partial charge in [0.15, 0.2) is 9.84 Å². The number of carbonyl (C=O) groups excluding carboxylic acids is 1. The van der Waals surface area contributed by atoms with Crippen molar-refractivity contribution in [3.05, 3.63) is 0 Å². The first-order valence-electron chi connectivity index (χ1n) is 6.77. The Kier molecular flexibility index (Phi) is 6.41. The van der Waals surface area contributed by atoms with Gasteiger partial charge in [0, 0.05) is 12.6 Å². The van der Waals surface area contributed by atoms with E-state index in [1.54, 1.807) is 0 Å². The Balaban J connectivity index is 2.56. The van der Waals surface area contributed by atoms with Crippen molar-refractivity contribution in [1.29, 1.82) is 0 Å². The van der Waals surface area contributed by atoms with Gasteiger partial charge in [-0.2, -0.15) is 0 Å². The Morgan fingerprint density at radius 1 is 1.35 bits per heavy atom. The summed E-state index contributed by atoms with van der Waals surface area (Å²) in [5, 5.41) is 11.6. The lowest BCUT2D eigenvalue weighted by atomic mass is 10.2. The van der Waals surface area contributed by atoms with Crippen LogP contribution in [0.3, 0.4) is 0 Å². The molecule has 20 heavy (non-hydrogen) atoms. The van der Waals surface area contributed by atoms with E-state index in [0.29, 0.717) is 13.0 Å². The second-order valence-electron chi connectivity index (χ2n) is 5.06. The Morgan fingerprint density at radius 2 is 2.05 bits per heavy atom. The van der Waals surface area contributed by atoms with E-state index in [1.165, 1.54) is 4.90 Å². The normalized spacial score (nSPS) is 21.0. The van der Waals surface area contributed by atoms with Gasteiger partial charge in [-0.3, -0.25) is 14.5 Å². The van der Waals surface area contributed by atoms with E-state index in [0.717, 1.165) is 12.8 Å². The molecule has 7 nitrogen and oxygen atoms in total. The van der Waals surface area contributed by atoms with Gasteiger partial charge in [0.1, 0.15) is 0 Å². The van der Waals surface area contributed by atoms with Crippen LogP contribution < -0.4 is 5.32 Å². The van der Waals surface area contributed by atoms with Crippen LogP contribution in [-0.4, -0.2) is 67.5 Å². The first kappa shape index (κ1) is 16.9. The van der Waals surface area contributed by atoms with Gasteiger partial charge in [0.2, 0.25) is 5.91 Å². The van der Waals surface area contributed by atoms with Gasteiger partial charge >= 0.3 is 5.97 Å². The number of unbranched alkanes of at least 4 members (excludes halogenated alkanes) is 1. The highest BCUT2D eigenvalue weighted by molar-refractivity contribution is 7.91. The first-order chi connectivity index (χ1) is 9.34. The van der Waals surface area contributed by atoms with E-state index in [9.17, 15) is 18.0 Å². The summed E-state index contributed by atoms with van der Waals surface area (Å²) in [6, 6.07) is -0.381. The minimum Gasteiger partial charge on any atom is -0.480 e. The standard InChI is InChI=1S/C12H22N2O5S/c1-2-3-5-13-11(15)7-14(8-12(16)17)10-4-6-20(18,19)9-10/h10H,2-9H2,1H3,(H,13,15)(H,16,17). The summed E-state index contributed by atoms with van der Waals surface area (Å²) in [6.07, 6.45) is 2.21. The Bertz CT molecular complexity index is 449. The van der Waals surface area contributed by atoms with Gasteiger partial charge in [-0.1, -0.05) is 13.3 Å². The van der Waals surface area contributed by atoms with Crippen molar-refractivity contribution < 1.29 is 23.1 Å². The molecule has 1 amide bonds. The summed E-state index contributed by atoms with van der Waals surface area (Å²) in [7, 11) is -3.10. The van der Waals surface area contributed by atoms with Crippen molar-refractivity contribution in [2.24, 2.45) is 0 Å². The van der Waals surface area contributed by atoms with Crippen LogP contribution in [0.25, 0.3) is 0 Å². The van der Waals surface area contributed by atoms with Crippen molar-refractivity contribution in [1.82, 2.24) is 10.2 Å². The van der Waals surface area contributed by atoms with Crippen LogP contribution in [0.5, 0.6) is 0 Å². The van der Waals surface area contributed by atoms with E-state index in [2.05, 4.69) is 5.32 Å². The highest BCUT2D eigenvalue weighted by Gasteiger charge is 2.33. The zero-order chi connectivity index (χ0) is 15.2. The minimum absolute atomic E-state index is 0.0608. The van der Waals surface area contributed by atoms with Crippen molar-refractivity contribution in [3.8, 4) is 0 Å². The Hall–Kier alpha value is -1.15. The molecule has 1 heterocycles. The summed E-state index contributed by atoms with van der Waals surface area (Å²) >= 11 is 0. The molecule has 0 radical (unpaired) electrons. The number of carbonyl (C=O) groups is 2. The summed E-state index contributed by atoms with van der Waals surface area (Å²) in [6.45, 7) is 2.17. The van der Waals surface area contributed by atoms with E-state index < -0.39 is 15.8 Å². The predicted octanol–water partition coefficient (Wildman–Crippen LogP) is -0.524. The molecule has 1 unspecified atom stereocenters. The monoisotopic (exact) mass is 306 g/mol. The number of rotatable bonds is 8. The molecule has 0 aliphatic carbocycles. The molecule has 1 aliphatic heterocycles. The second-order valence-corrected chi connectivity index (χ2v) is 7.29. The molecule has 0 aromatic carbocycles. The highest BCUT2D eigenvalue weighted by atomic mass is 32.2.